The van der Waals surface area contributed by atoms with Gasteiger partial charge in [0.2, 0.25) is 10.0 Å². The molecule has 1 aromatic rings. The van der Waals surface area contributed by atoms with Gasteiger partial charge in [0.05, 0.1) is 4.90 Å². The van der Waals surface area contributed by atoms with Crippen LogP contribution < -0.4 is 0 Å². The summed E-state index contributed by atoms with van der Waals surface area (Å²) in [4.78, 5) is 2.58. The Bertz CT molecular complexity index is 459. The molecule has 0 atom stereocenters. The van der Waals surface area contributed by atoms with Crippen molar-refractivity contribution in [1.29, 1.82) is 0 Å². The quantitative estimate of drug-likeness (QED) is 0.741. The van der Waals surface area contributed by atoms with Gasteiger partial charge in [-0.15, -0.1) is 11.3 Å². The predicted octanol–water partition coefficient (Wildman–Crippen LogP) is 1.97. The minimum atomic E-state index is -3.18. The molecule has 0 fully saturated rings. The molecule has 0 radical (unpaired) electrons. The molecule has 0 N–H and O–H groups in total. The molecule has 2 heterocycles. The zero-order chi connectivity index (χ0) is 10.5. The van der Waals surface area contributed by atoms with E-state index in [2.05, 4.69) is 0 Å². The summed E-state index contributed by atoms with van der Waals surface area (Å²) in [5.41, 5.74) is 0. The first-order chi connectivity index (χ1) is 6.43. The Morgan fingerprint density at radius 2 is 2.14 bits per heavy atom. The summed E-state index contributed by atoms with van der Waals surface area (Å²) in [6, 6.07) is 1.82. The molecular formula is C9H13NO2S2. The van der Waals surface area contributed by atoms with Gasteiger partial charge in [-0.1, -0.05) is 0 Å². The van der Waals surface area contributed by atoms with E-state index in [0.717, 1.165) is 9.75 Å². The van der Waals surface area contributed by atoms with Crippen LogP contribution in [0.5, 0.6) is 0 Å². The Morgan fingerprint density at radius 3 is 2.64 bits per heavy atom. The SMILES string of the molecule is Cc1cc2c(s1)CN(C(C)C)S2(=O)=O. The van der Waals surface area contributed by atoms with Crippen LogP contribution in [0.15, 0.2) is 11.0 Å². The van der Waals surface area contributed by atoms with Gasteiger partial charge in [-0.3, -0.25) is 0 Å². The molecule has 1 aliphatic heterocycles. The van der Waals surface area contributed by atoms with Crippen molar-refractivity contribution in [3.8, 4) is 0 Å². The Morgan fingerprint density at radius 1 is 1.50 bits per heavy atom. The smallest absolute Gasteiger partial charge is 0.207 e. The number of fused-ring (bicyclic) bond motifs is 1. The minimum absolute atomic E-state index is 0.0416. The van der Waals surface area contributed by atoms with Gasteiger partial charge >= 0.3 is 0 Å². The van der Waals surface area contributed by atoms with Crippen LogP contribution in [0.4, 0.5) is 0 Å². The van der Waals surface area contributed by atoms with Crippen LogP contribution in [-0.4, -0.2) is 18.8 Å². The fourth-order valence-electron chi connectivity index (χ4n) is 1.68. The molecule has 1 aliphatic rings. The summed E-state index contributed by atoms with van der Waals surface area (Å²) >= 11 is 1.58. The number of thiophene rings is 1. The molecule has 0 saturated carbocycles. The molecule has 0 spiro atoms. The third kappa shape index (κ3) is 1.31. The number of rotatable bonds is 1. The Balaban J connectivity index is 2.53. The van der Waals surface area contributed by atoms with E-state index in [9.17, 15) is 8.42 Å². The summed E-state index contributed by atoms with van der Waals surface area (Å²) < 4.78 is 25.5. The van der Waals surface area contributed by atoms with E-state index in [4.69, 9.17) is 0 Å². The van der Waals surface area contributed by atoms with E-state index in [0.29, 0.717) is 11.4 Å². The van der Waals surface area contributed by atoms with Crippen molar-refractivity contribution < 1.29 is 8.42 Å². The maximum Gasteiger partial charge on any atom is 0.244 e. The second-order valence-electron chi connectivity index (χ2n) is 3.79. The van der Waals surface area contributed by atoms with Crippen molar-refractivity contribution >= 4 is 21.4 Å². The van der Waals surface area contributed by atoms with Gasteiger partial charge in [-0.2, -0.15) is 4.31 Å². The van der Waals surface area contributed by atoms with Crippen LogP contribution in [-0.2, 0) is 16.6 Å². The molecule has 0 aliphatic carbocycles. The molecule has 0 saturated heterocycles. The van der Waals surface area contributed by atoms with E-state index in [-0.39, 0.29) is 6.04 Å². The van der Waals surface area contributed by atoms with Crippen LogP contribution >= 0.6 is 11.3 Å². The highest BCUT2D eigenvalue weighted by molar-refractivity contribution is 7.89. The van der Waals surface area contributed by atoms with Crippen molar-refractivity contribution in [3.63, 3.8) is 0 Å². The number of sulfonamides is 1. The van der Waals surface area contributed by atoms with E-state index in [1.807, 2.05) is 20.8 Å². The van der Waals surface area contributed by atoms with Gasteiger partial charge in [-0.25, -0.2) is 8.42 Å². The molecule has 0 unspecified atom stereocenters. The summed E-state index contributed by atoms with van der Waals surface area (Å²) in [6.07, 6.45) is 0. The summed E-state index contributed by atoms with van der Waals surface area (Å²) in [7, 11) is -3.18. The molecule has 5 heteroatoms. The normalized spacial score (nSPS) is 20.3. The lowest BCUT2D eigenvalue weighted by Crippen LogP contribution is -2.31. The molecule has 0 aromatic carbocycles. The van der Waals surface area contributed by atoms with Crippen molar-refractivity contribution in [2.24, 2.45) is 0 Å². The van der Waals surface area contributed by atoms with Crippen molar-refractivity contribution in [2.45, 2.75) is 38.3 Å². The fourth-order valence-corrected chi connectivity index (χ4v) is 4.99. The highest BCUT2D eigenvalue weighted by atomic mass is 32.2. The third-order valence-electron chi connectivity index (χ3n) is 2.36. The summed E-state index contributed by atoms with van der Waals surface area (Å²) in [6.45, 7) is 6.30. The monoisotopic (exact) mass is 231 g/mol. The molecule has 1 aromatic heterocycles. The third-order valence-corrected chi connectivity index (χ3v) is 5.61. The summed E-state index contributed by atoms with van der Waals surface area (Å²) in [5, 5.41) is 0. The van der Waals surface area contributed by atoms with E-state index < -0.39 is 10.0 Å². The van der Waals surface area contributed by atoms with Crippen molar-refractivity contribution in [3.05, 3.63) is 15.8 Å². The lowest BCUT2D eigenvalue weighted by atomic mass is 10.3. The molecule has 0 amide bonds. The largest absolute Gasteiger partial charge is 0.244 e. The highest BCUT2D eigenvalue weighted by Gasteiger charge is 2.37. The van der Waals surface area contributed by atoms with Crippen LogP contribution in [0.1, 0.15) is 23.6 Å². The van der Waals surface area contributed by atoms with Crippen LogP contribution in [0.25, 0.3) is 0 Å². The standard InChI is InChI=1S/C9H13NO2S2/c1-6(2)10-5-8-9(14(10,11)12)4-7(3)13-8/h4,6H,5H2,1-3H3. The number of hydrogen-bond donors (Lipinski definition) is 0. The van der Waals surface area contributed by atoms with Gasteiger partial charge < -0.3 is 0 Å². The molecule has 0 bridgehead atoms. The van der Waals surface area contributed by atoms with Crippen LogP contribution in [0.2, 0.25) is 0 Å². The van der Waals surface area contributed by atoms with Crippen molar-refractivity contribution in [2.75, 3.05) is 0 Å². The van der Waals surface area contributed by atoms with Crippen molar-refractivity contribution in [1.82, 2.24) is 4.31 Å². The molecular weight excluding hydrogens is 218 g/mol. The second-order valence-corrected chi connectivity index (χ2v) is 6.99. The Kier molecular flexibility index (Phi) is 2.21. The first-order valence-corrected chi connectivity index (χ1v) is 6.79. The van der Waals surface area contributed by atoms with E-state index in [1.54, 1.807) is 21.7 Å². The predicted molar refractivity (Wildman–Crippen MR) is 56.9 cm³/mol. The maximum atomic E-state index is 12.0. The summed E-state index contributed by atoms with van der Waals surface area (Å²) in [5.74, 6) is 0. The van der Waals surface area contributed by atoms with Gasteiger partial charge in [0.1, 0.15) is 0 Å². The lowest BCUT2D eigenvalue weighted by molar-refractivity contribution is 0.365. The fraction of sp³-hybridized carbons (Fsp3) is 0.556. The van der Waals surface area contributed by atoms with Crippen LogP contribution in [0.3, 0.4) is 0 Å². The zero-order valence-electron chi connectivity index (χ0n) is 8.44. The number of nitrogens with zero attached hydrogens (tertiary/aromatic N) is 1. The Hall–Kier alpha value is -0.390. The van der Waals surface area contributed by atoms with E-state index in [1.165, 1.54) is 0 Å². The van der Waals surface area contributed by atoms with Gasteiger partial charge in [0, 0.05) is 22.3 Å². The van der Waals surface area contributed by atoms with E-state index >= 15 is 0 Å². The zero-order valence-corrected chi connectivity index (χ0v) is 10.1. The average Bonchev–Trinajstić information content (AvgIpc) is 2.50. The molecule has 78 valence electrons. The highest BCUT2D eigenvalue weighted by Crippen LogP contribution is 2.37. The minimum Gasteiger partial charge on any atom is -0.207 e. The first-order valence-electron chi connectivity index (χ1n) is 4.54. The maximum absolute atomic E-state index is 12.0. The Labute approximate surface area is 88.4 Å². The molecule has 14 heavy (non-hydrogen) atoms. The molecule has 2 rings (SSSR count). The second kappa shape index (κ2) is 3.05. The molecule has 3 nitrogen and oxygen atoms in total. The van der Waals surface area contributed by atoms with Gasteiger partial charge in [-0.05, 0) is 26.8 Å². The van der Waals surface area contributed by atoms with Crippen LogP contribution in [0, 0.1) is 6.92 Å². The number of aryl methyl sites for hydroxylation is 1. The average molecular weight is 231 g/mol. The topological polar surface area (TPSA) is 37.4 Å². The van der Waals surface area contributed by atoms with Gasteiger partial charge in [0.25, 0.3) is 0 Å². The van der Waals surface area contributed by atoms with Gasteiger partial charge in [0.15, 0.2) is 0 Å². The number of hydrogen-bond acceptors (Lipinski definition) is 3. The lowest BCUT2D eigenvalue weighted by Gasteiger charge is -2.18. The first kappa shape index (κ1) is 10.1.